The second-order valence-corrected chi connectivity index (χ2v) is 7.54. The van der Waals surface area contributed by atoms with Gasteiger partial charge in [-0.05, 0) is 19.5 Å². The molecule has 1 aliphatic heterocycles. The maximum Gasteiger partial charge on any atom is 0.114 e. The third-order valence-electron chi connectivity index (χ3n) is 4.35. The lowest BCUT2D eigenvalue weighted by atomic mass is 10.2. The first-order chi connectivity index (χ1) is 11.5. The molecule has 2 aromatic rings. The van der Waals surface area contributed by atoms with Crippen LogP contribution in [0.25, 0.3) is 0 Å². The molecule has 3 heterocycles. The van der Waals surface area contributed by atoms with Gasteiger partial charge in [0.15, 0.2) is 0 Å². The van der Waals surface area contributed by atoms with E-state index in [9.17, 15) is 4.39 Å². The smallest absolute Gasteiger partial charge is 0.114 e. The molecule has 3 rings (SSSR count). The largest absolute Gasteiger partial charge is 0.300 e. The van der Waals surface area contributed by atoms with Crippen molar-refractivity contribution in [1.29, 1.82) is 5.26 Å². The van der Waals surface area contributed by atoms with E-state index >= 15 is 0 Å². The summed E-state index contributed by atoms with van der Waals surface area (Å²) in [4.78, 5) is 5.60. The fourth-order valence-electron chi connectivity index (χ4n) is 3.31. The van der Waals surface area contributed by atoms with Crippen LogP contribution in [0.4, 0.5) is 4.39 Å². The Kier molecular flexibility index (Phi) is 5.29. The number of alkyl halides is 1. The first kappa shape index (κ1) is 17.1. The summed E-state index contributed by atoms with van der Waals surface area (Å²) in [5.41, 5.74) is 1.84. The zero-order valence-corrected chi connectivity index (χ0v) is 14.8. The lowest BCUT2D eigenvalue weighted by Gasteiger charge is -2.27. The van der Waals surface area contributed by atoms with Gasteiger partial charge in [-0.25, -0.2) is 4.39 Å². The van der Waals surface area contributed by atoms with Gasteiger partial charge in [0.05, 0.1) is 11.8 Å². The average molecular weight is 347 g/mol. The highest BCUT2D eigenvalue weighted by Crippen LogP contribution is 2.24. The highest BCUT2D eigenvalue weighted by molar-refractivity contribution is 7.10. The second-order valence-electron chi connectivity index (χ2n) is 6.55. The third kappa shape index (κ3) is 4.20. The Hall–Kier alpha value is -1.75. The minimum absolute atomic E-state index is 0.209. The van der Waals surface area contributed by atoms with Crippen LogP contribution in [0.3, 0.4) is 0 Å². The molecule has 0 N–H and O–H groups in total. The molecule has 1 fully saturated rings. The van der Waals surface area contributed by atoms with Crippen LogP contribution >= 0.6 is 11.3 Å². The predicted molar refractivity (Wildman–Crippen MR) is 92.3 cm³/mol. The molecule has 1 aliphatic rings. The van der Waals surface area contributed by atoms with Crippen molar-refractivity contribution in [3.05, 3.63) is 39.8 Å². The van der Waals surface area contributed by atoms with Crippen molar-refractivity contribution < 1.29 is 4.39 Å². The van der Waals surface area contributed by atoms with E-state index in [2.05, 4.69) is 28.0 Å². The summed E-state index contributed by atoms with van der Waals surface area (Å²) < 4.78 is 15.7. The zero-order chi connectivity index (χ0) is 17.1. The van der Waals surface area contributed by atoms with Gasteiger partial charge in [0, 0.05) is 61.3 Å². The second kappa shape index (κ2) is 7.43. The molecule has 0 unspecified atom stereocenters. The Labute approximate surface area is 145 Å². The van der Waals surface area contributed by atoms with Crippen molar-refractivity contribution in [2.45, 2.75) is 31.7 Å². The summed E-state index contributed by atoms with van der Waals surface area (Å²) in [6.45, 7) is 2.84. The van der Waals surface area contributed by atoms with Crippen molar-refractivity contribution in [3.63, 3.8) is 0 Å². The number of likely N-dealkylation sites (tertiary alicyclic amines) is 1. The number of hydrogen-bond donors (Lipinski definition) is 0. The van der Waals surface area contributed by atoms with E-state index in [0.717, 1.165) is 25.2 Å². The summed E-state index contributed by atoms with van der Waals surface area (Å²) >= 11 is 1.60. The van der Waals surface area contributed by atoms with Gasteiger partial charge in [0.1, 0.15) is 12.2 Å². The highest BCUT2D eigenvalue weighted by atomic mass is 32.1. The van der Waals surface area contributed by atoms with E-state index in [1.54, 1.807) is 16.0 Å². The van der Waals surface area contributed by atoms with Crippen LogP contribution in [0.5, 0.6) is 0 Å². The van der Waals surface area contributed by atoms with Gasteiger partial charge in [-0.3, -0.25) is 14.5 Å². The van der Waals surface area contributed by atoms with E-state index in [1.165, 1.54) is 4.88 Å². The molecule has 5 nitrogen and oxygen atoms in total. The van der Waals surface area contributed by atoms with E-state index < -0.39 is 6.17 Å². The highest BCUT2D eigenvalue weighted by Gasteiger charge is 2.32. The molecule has 2 aromatic heterocycles. The predicted octanol–water partition coefficient (Wildman–Crippen LogP) is 2.40. The van der Waals surface area contributed by atoms with Gasteiger partial charge in [-0.15, -0.1) is 11.3 Å². The first-order valence-corrected chi connectivity index (χ1v) is 8.93. The van der Waals surface area contributed by atoms with Crippen molar-refractivity contribution in [3.8, 4) is 6.07 Å². The van der Waals surface area contributed by atoms with Crippen molar-refractivity contribution in [2.75, 3.05) is 20.1 Å². The monoisotopic (exact) mass is 347 g/mol. The number of likely N-dealkylation sites (N-methyl/N-ethyl adjacent to an activating group) is 1. The van der Waals surface area contributed by atoms with Crippen molar-refractivity contribution in [2.24, 2.45) is 7.05 Å². The molecule has 0 radical (unpaired) electrons. The molecule has 2 atom stereocenters. The molecule has 0 aromatic carbocycles. The van der Waals surface area contributed by atoms with Crippen LogP contribution in [-0.4, -0.2) is 51.9 Å². The Bertz CT molecular complexity index is 719. The summed E-state index contributed by atoms with van der Waals surface area (Å²) in [6.07, 6.45) is 3.66. The molecule has 1 saturated heterocycles. The maximum absolute atomic E-state index is 13.9. The molecule has 0 bridgehead atoms. The zero-order valence-electron chi connectivity index (χ0n) is 14.0. The number of halogens is 1. The fraction of sp³-hybridized carbons (Fsp3) is 0.529. The first-order valence-electron chi connectivity index (χ1n) is 8.05. The number of thiophene rings is 1. The Balaban J connectivity index is 1.58. The van der Waals surface area contributed by atoms with Crippen LogP contribution in [0.15, 0.2) is 23.8 Å². The number of hydrogen-bond acceptors (Lipinski definition) is 5. The molecule has 128 valence electrons. The molecule has 0 aliphatic carbocycles. The van der Waals surface area contributed by atoms with Gasteiger partial charge >= 0.3 is 0 Å². The van der Waals surface area contributed by atoms with Crippen LogP contribution in [-0.2, 0) is 20.1 Å². The van der Waals surface area contributed by atoms with E-state index in [1.807, 2.05) is 30.9 Å². The standard InChI is InChI=1S/C17H22FN5S/c1-21(11-17-3-13(5-19)12-24-17)10-16-4-15(18)9-23(16)8-14-6-20-22(2)7-14/h3,6-7,12,15-16H,4,8-11H2,1-2H3/t15-,16-/m0/s1. The van der Waals surface area contributed by atoms with Gasteiger partial charge in [-0.2, -0.15) is 10.4 Å². The van der Waals surface area contributed by atoms with Gasteiger partial charge < -0.3 is 0 Å². The Morgan fingerprint density at radius 3 is 3.04 bits per heavy atom. The van der Waals surface area contributed by atoms with Crippen LogP contribution in [0, 0.1) is 11.3 Å². The molecule has 0 saturated carbocycles. The molecule has 0 spiro atoms. The van der Waals surface area contributed by atoms with Crippen molar-refractivity contribution in [1.82, 2.24) is 19.6 Å². The normalized spacial score (nSPS) is 21.5. The summed E-state index contributed by atoms with van der Waals surface area (Å²) in [6, 6.07) is 4.30. The number of nitrogens with zero attached hydrogens (tertiary/aromatic N) is 5. The van der Waals surface area contributed by atoms with Gasteiger partial charge in [0.2, 0.25) is 0 Å². The minimum atomic E-state index is -0.757. The van der Waals surface area contributed by atoms with Crippen LogP contribution in [0.2, 0.25) is 0 Å². The third-order valence-corrected chi connectivity index (χ3v) is 5.27. The summed E-state index contributed by atoms with van der Waals surface area (Å²) in [7, 11) is 3.95. The SMILES string of the molecule is CN(Cc1cc(C#N)cs1)C[C@@H]1C[C@H](F)CN1Cc1cnn(C)c1. The summed E-state index contributed by atoms with van der Waals surface area (Å²) in [5, 5.41) is 15.0. The van der Waals surface area contributed by atoms with Gasteiger partial charge in [0.25, 0.3) is 0 Å². The quantitative estimate of drug-likeness (QED) is 0.805. The maximum atomic E-state index is 13.9. The molecule has 7 heteroatoms. The number of aryl methyl sites for hydroxylation is 1. The lowest BCUT2D eigenvalue weighted by Crippen LogP contribution is -2.38. The minimum Gasteiger partial charge on any atom is -0.300 e. The van der Waals surface area contributed by atoms with E-state index in [4.69, 9.17) is 5.26 Å². The average Bonchev–Trinajstić information content (AvgIpc) is 3.22. The molecule has 24 heavy (non-hydrogen) atoms. The van der Waals surface area contributed by atoms with E-state index in [-0.39, 0.29) is 6.04 Å². The lowest BCUT2D eigenvalue weighted by molar-refractivity contribution is 0.181. The topological polar surface area (TPSA) is 48.1 Å². The number of aromatic nitrogens is 2. The molecule has 0 amide bonds. The fourth-order valence-corrected chi connectivity index (χ4v) is 4.20. The molecular formula is C17H22FN5S. The van der Waals surface area contributed by atoms with E-state index in [0.29, 0.717) is 18.5 Å². The number of nitriles is 1. The van der Waals surface area contributed by atoms with Gasteiger partial charge in [-0.1, -0.05) is 0 Å². The Morgan fingerprint density at radius 1 is 1.54 bits per heavy atom. The Morgan fingerprint density at radius 2 is 2.38 bits per heavy atom. The number of rotatable bonds is 6. The molecular weight excluding hydrogens is 325 g/mol. The van der Waals surface area contributed by atoms with Crippen LogP contribution < -0.4 is 0 Å². The van der Waals surface area contributed by atoms with Crippen molar-refractivity contribution >= 4 is 11.3 Å². The summed E-state index contributed by atoms with van der Waals surface area (Å²) in [5.74, 6) is 0. The van der Waals surface area contributed by atoms with Crippen LogP contribution in [0.1, 0.15) is 22.4 Å².